The van der Waals surface area contributed by atoms with Crippen LogP contribution >= 0.6 is 12.2 Å². The van der Waals surface area contributed by atoms with Crippen LogP contribution in [-0.2, 0) is 6.42 Å². The fourth-order valence-corrected chi connectivity index (χ4v) is 2.20. The molecule has 0 unspecified atom stereocenters. The third-order valence-corrected chi connectivity index (χ3v) is 3.29. The number of aromatic amines is 1. The van der Waals surface area contributed by atoms with E-state index in [0.29, 0.717) is 4.77 Å². The van der Waals surface area contributed by atoms with E-state index in [9.17, 15) is 0 Å². The van der Waals surface area contributed by atoms with Crippen molar-refractivity contribution in [3.63, 3.8) is 0 Å². The first kappa shape index (κ1) is 16.4. The summed E-state index contributed by atoms with van der Waals surface area (Å²) in [6, 6.07) is 7.82. The standard InChI is InChI=1S/C16H22N4OS/c1-4-5-9-15-18-19-16(22)20(15)17-11-13-7-6-8-14(10-13)21-12(2)3/h6-8,10-12H,4-5,9H2,1-3H3,(H,19,22)/b17-11+. The summed E-state index contributed by atoms with van der Waals surface area (Å²) >= 11 is 5.23. The van der Waals surface area contributed by atoms with Crippen LogP contribution < -0.4 is 4.74 Å². The van der Waals surface area contributed by atoms with Crippen LogP contribution in [0.25, 0.3) is 0 Å². The molecular formula is C16H22N4OS. The van der Waals surface area contributed by atoms with E-state index in [1.807, 2.05) is 38.1 Å². The Morgan fingerprint density at radius 2 is 2.27 bits per heavy atom. The number of benzene rings is 1. The first-order valence-corrected chi connectivity index (χ1v) is 7.98. The largest absolute Gasteiger partial charge is 0.491 e. The number of aryl methyl sites for hydroxylation is 1. The van der Waals surface area contributed by atoms with Crippen molar-refractivity contribution in [1.29, 1.82) is 0 Å². The topological polar surface area (TPSA) is 55.2 Å². The van der Waals surface area contributed by atoms with Gasteiger partial charge in [0.05, 0.1) is 12.3 Å². The molecule has 2 rings (SSSR count). The molecule has 0 bridgehead atoms. The summed E-state index contributed by atoms with van der Waals surface area (Å²) in [5.41, 5.74) is 0.961. The van der Waals surface area contributed by atoms with E-state index in [1.165, 1.54) is 0 Å². The highest BCUT2D eigenvalue weighted by molar-refractivity contribution is 7.71. The minimum atomic E-state index is 0.148. The lowest BCUT2D eigenvalue weighted by molar-refractivity contribution is 0.242. The molecule has 0 radical (unpaired) electrons. The van der Waals surface area contributed by atoms with Gasteiger partial charge >= 0.3 is 0 Å². The van der Waals surface area contributed by atoms with Crippen molar-refractivity contribution < 1.29 is 4.74 Å². The van der Waals surface area contributed by atoms with Gasteiger partial charge in [-0.25, -0.2) is 0 Å². The van der Waals surface area contributed by atoms with Crippen LogP contribution in [0.15, 0.2) is 29.4 Å². The van der Waals surface area contributed by atoms with Crippen LogP contribution in [0, 0.1) is 4.77 Å². The van der Waals surface area contributed by atoms with Crippen LogP contribution in [0.1, 0.15) is 45.0 Å². The highest BCUT2D eigenvalue weighted by Gasteiger charge is 2.04. The van der Waals surface area contributed by atoms with Gasteiger partial charge in [-0.2, -0.15) is 14.9 Å². The molecule has 1 aromatic heterocycles. The Hall–Kier alpha value is -1.95. The fourth-order valence-electron chi connectivity index (χ4n) is 2.00. The van der Waals surface area contributed by atoms with Crippen molar-refractivity contribution in [2.75, 3.05) is 0 Å². The first-order valence-electron chi connectivity index (χ1n) is 7.57. The van der Waals surface area contributed by atoms with Crippen LogP contribution in [0.3, 0.4) is 0 Å². The van der Waals surface area contributed by atoms with E-state index in [1.54, 1.807) is 10.9 Å². The molecule has 0 spiro atoms. The number of nitrogens with one attached hydrogen (secondary N) is 1. The van der Waals surface area contributed by atoms with Gasteiger partial charge in [0.25, 0.3) is 0 Å². The summed E-state index contributed by atoms with van der Waals surface area (Å²) in [6.45, 7) is 6.16. The third-order valence-electron chi connectivity index (χ3n) is 3.02. The second-order valence-corrected chi connectivity index (χ2v) is 5.73. The normalized spacial score (nSPS) is 11.5. The summed E-state index contributed by atoms with van der Waals surface area (Å²) in [6.07, 6.45) is 4.95. The van der Waals surface area contributed by atoms with Gasteiger partial charge in [-0.05, 0) is 50.2 Å². The number of hydrogen-bond donors (Lipinski definition) is 1. The van der Waals surface area contributed by atoms with Crippen molar-refractivity contribution in [3.8, 4) is 5.75 Å². The number of H-pyrrole nitrogens is 1. The highest BCUT2D eigenvalue weighted by atomic mass is 32.1. The van der Waals surface area contributed by atoms with Crippen molar-refractivity contribution in [3.05, 3.63) is 40.4 Å². The molecule has 0 atom stereocenters. The molecule has 0 aliphatic heterocycles. The molecule has 1 N–H and O–H groups in total. The Balaban J connectivity index is 2.18. The molecule has 2 aromatic rings. The summed E-state index contributed by atoms with van der Waals surface area (Å²) in [7, 11) is 0. The molecule has 6 heteroatoms. The van der Waals surface area contributed by atoms with Crippen LogP contribution in [-0.4, -0.2) is 27.2 Å². The Labute approximate surface area is 136 Å². The lowest BCUT2D eigenvalue weighted by Crippen LogP contribution is -2.05. The zero-order valence-corrected chi connectivity index (χ0v) is 14.1. The maximum absolute atomic E-state index is 5.68. The monoisotopic (exact) mass is 318 g/mol. The molecule has 0 saturated carbocycles. The van der Waals surface area contributed by atoms with Crippen molar-refractivity contribution in [2.24, 2.45) is 5.10 Å². The Bertz CT molecular complexity index is 687. The Morgan fingerprint density at radius 3 is 3.00 bits per heavy atom. The Morgan fingerprint density at radius 1 is 1.45 bits per heavy atom. The number of hydrogen-bond acceptors (Lipinski definition) is 4. The van der Waals surface area contributed by atoms with Gasteiger partial charge in [-0.1, -0.05) is 25.5 Å². The number of unbranched alkanes of at least 4 members (excludes halogenated alkanes) is 1. The lowest BCUT2D eigenvalue weighted by atomic mass is 10.2. The minimum absolute atomic E-state index is 0.148. The van der Waals surface area contributed by atoms with E-state index < -0.39 is 0 Å². The van der Waals surface area contributed by atoms with Crippen molar-refractivity contribution in [1.82, 2.24) is 14.9 Å². The average molecular weight is 318 g/mol. The zero-order chi connectivity index (χ0) is 15.9. The average Bonchev–Trinajstić information content (AvgIpc) is 2.83. The quantitative estimate of drug-likeness (QED) is 0.621. The van der Waals surface area contributed by atoms with E-state index >= 15 is 0 Å². The smallest absolute Gasteiger partial charge is 0.216 e. The van der Waals surface area contributed by atoms with Crippen molar-refractivity contribution >= 4 is 18.4 Å². The van der Waals surface area contributed by atoms with Crippen LogP contribution in [0.2, 0.25) is 0 Å². The predicted molar refractivity (Wildman–Crippen MR) is 91.2 cm³/mol. The number of ether oxygens (including phenoxy) is 1. The SMILES string of the molecule is CCCCc1n[nH]c(=S)n1/N=C/c1cccc(OC(C)C)c1. The molecular weight excluding hydrogens is 296 g/mol. The molecule has 1 aromatic carbocycles. The molecule has 5 nitrogen and oxygen atoms in total. The van der Waals surface area contributed by atoms with Gasteiger partial charge in [-0.3, -0.25) is 5.10 Å². The fraction of sp³-hybridized carbons (Fsp3) is 0.438. The summed E-state index contributed by atoms with van der Waals surface area (Å²) < 4.78 is 7.88. The second kappa shape index (κ2) is 7.89. The molecule has 0 amide bonds. The van der Waals surface area contributed by atoms with Crippen molar-refractivity contribution in [2.45, 2.75) is 46.1 Å². The number of rotatable bonds is 7. The molecule has 1 heterocycles. The summed E-state index contributed by atoms with van der Waals surface area (Å²) in [5.74, 6) is 1.69. The highest BCUT2D eigenvalue weighted by Crippen LogP contribution is 2.14. The molecule has 118 valence electrons. The van der Waals surface area contributed by atoms with Crippen LogP contribution in [0.4, 0.5) is 0 Å². The molecule has 0 aliphatic rings. The second-order valence-electron chi connectivity index (χ2n) is 5.34. The van der Waals surface area contributed by atoms with Crippen LogP contribution in [0.5, 0.6) is 5.75 Å². The van der Waals surface area contributed by atoms with E-state index in [2.05, 4.69) is 22.2 Å². The van der Waals surface area contributed by atoms with Gasteiger partial charge in [0.2, 0.25) is 4.77 Å². The zero-order valence-electron chi connectivity index (χ0n) is 13.2. The van der Waals surface area contributed by atoms with E-state index in [4.69, 9.17) is 17.0 Å². The van der Waals surface area contributed by atoms with Gasteiger partial charge < -0.3 is 4.74 Å². The number of aromatic nitrogens is 3. The van der Waals surface area contributed by atoms with Gasteiger partial charge in [-0.15, -0.1) is 0 Å². The predicted octanol–water partition coefficient (Wildman–Crippen LogP) is 3.95. The van der Waals surface area contributed by atoms with Gasteiger partial charge in [0.15, 0.2) is 5.82 Å². The molecule has 22 heavy (non-hydrogen) atoms. The minimum Gasteiger partial charge on any atom is -0.491 e. The van der Waals surface area contributed by atoms with Gasteiger partial charge in [0, 0.05) is 6.42 Å². The maximum atomic E-state index is 5.68. The molecule has 0 fully saturated rings. The maximum Gasteiger partial charge on any atom is 0.216 e. The van der Waals surface area contributed by atoms with E-state index in [-0.39, 0.29) is 6.10 Å². The van der Waals surface area contributed by atoms with Gasteiger partial charge in [0.1, 0.15) is 5.75 Å². The molecule has 0 saturated heterocycles. The Kier molecular flexibility index (Phi) is 5.89. The summed E-state index contributed by atoms with van der Waals surface area (Å²) in [4.78, 5) is 0. The number of nitrogens with zero attached hydrogens (tertiary/aromatic N) is 3. The summed E-state index contributed by atoms with van der Waals surface area (Å²) in [5, 5.41) is 11.5. The third kappa shape index (κ3) is 4.53. The lowest BCUT2D eigenvalue weighted by Gasteiger charge is -2.09. The first-order chi connectivity index (χ1) is 10.6. The van der Waals surface area contributed by atoms with E-state index in [0.717, 1.165) is 36.4 Å². The molecule has 0 aliphatic carbocycles.